The molecule has 0 bridgehead atoms. The Labute approximate surface area is 77.0 Å². The first-order valence-corrected chi connectivity index (χ1v) is 4.68. The highest BCUT2D eigenvalue weighted by Crippen LogP contribution is 2.31. The SMILES string of the molecule is N#CCc1nc(C2CCCC2)n[nH]1. The van der Waals surface area contributed by atoms with E-state index < -0.39 is 0 Å². The van der Waals surface area contributed by atoms with Crippen molar-refractivity contribution in [1.29, 1.82) is 5.26 Å². The molecule has 68 valence electrons. The van der Waals surface area contributed by atoms with Crippen LogP contribution in [0.15, 0.2) is 0 Å². The van der Waals surface area contributed by atoms with Gasteiger partial charge in [-0.25, -0.2) is 4.98 Å². The van der Waals surface area contributed by atoms with Crippen molar-refractivity contribution in [3.05, 3.63) is 11.6 Å². The van der Waals surface area contributed by atoms with Crippen LogP contribution in [-0.4, -0.2) is 15.2 Å². The molecule has 2 rings (SSSR count). The van der Waals surface area contributed by atoms with E-state index in [1.807, 2.05) is 0 Å². The molecule has 0 spiro atoms. The van der Waals surface area contributed by atoms with Crippen LogP contribution in [0, 0.1) is 11.3 Å². The summed E-state index contributed by atoms with van der Waals surface area (Å²) in [4.78, 5) is 4.29. The molecule has 1 aromatic heterocycles. The molecule has 1 aliphatic rings. The summed E-state index contributed by atoms with van der Waals surface area (Å²) in [5.41, 5.74) is 0. The maximum atomic E-state index is 8.46. The topological polar surface area (TPSA) is 65.4 Å². The van der Waals surface area contributed by atoms with Crippen LogP contribution in [0.4, 0.5) is 0 Å². The van der Waals surface area contributed by atoms with Crippen molar-refractivity contribution in [2.45, 2.75) is 38.0 Å². The largest absolute Gasteiger partial charge is 0.262 e. The zero-order valence-corrected chi connectivity index (χ0v) is 7.45. The van der Waals surface area contributed by atoms with Crippen molar-refractivity contribution in [3.8, 4) is 6.07 Å². The van der Waals surface area contributed by atoms with Crippen LogP contribution in [-0.2, 0) is 6.42 Å². The monoisotopic (exact) mass is 176 g/mol. The third-order valence-electron chi connectivity index (χ3n) is 2.52. The van der Waals surface area contributed by atoms with Crippen LogP contribution in [0.3, 0.4) is 0 Å². The highest BCUT2D eigenvalue weighted by atomic mass is 15.2. The Kier molecular flexibility index (Phi) is 2.26. The van der Waals surface area contributed by atoms with Crippen molar-refractivity contribution in [2.75, 3.05) is 0 Å². The van der Waals surface area contributed by atoms with Crippen LogP contribution in [0.1, 0.15) is 43.3 Å². The molecule has 13 heavy (non-hydrogen) atoms. The van der Waals surface area contributed by atoms with Gasteiger partial charge in [0.1, 0.15) is 5.82 Å². The minimum Gasteiger partial charge on any atom is -0.262 e. The molecule has 1 N–H and O–H groups in total. The minimum absolute atomic E-state index is 0.333. The second-order valence-corrected chi connectivity index (χ2v) is 3.46. The van der Waals surface area contributed by atoms with E-state index in [1.165, 1.54) is 25.7 Å². The van der Waals surface area contributed by atoms with Crippen molar-refractivity contribution >= 4 is 0 Å². The number of aromatic nitrogens is 3. The average Bonchev–Trinajstić information content (AvgIpc) is 2.70. The lowest BCUT2D eigenvalue weighted by atomic mass is 10.1. The van der Waals surface area contributed by atoms with Gasteiger partial charge in [0.2, 0.25) is 0 Å². The van der Waals surface area contributed by atoms with E-state index in [9.17, 15) is 0 Å². The maximum absolute atomic E-state index is 8.46. The zero-order valence-electron chi connectivity index (χ0n) is 7.45. The first-order valence-electron chi connectivity index (χ1n) is 4.68. The van der Waals surface area contributed by atoms with Gasteiger partial charge in [-0.3, -0.25) is 5.10 Å². The molecule has 4 nitrogen and oxygen atoms in total. The first-order chi connectivity index (χ1) is 6.40. The molecule has 0 unspecified atom stereocenters. The molecule has 0 aliphatic heterocycles. The van der Waals surface area contributed by atoms with Crippen molar-refractivity contribution < 1.29 is 0 Å². The summed E-state index contributed by atoms with van der Waals surface area (Å²) >= 11 is 0. The van der Waals surface area contributed by atoms with E-state index in [0.29, 0.717) is 18.2 Å². The Bertz CT molecular complexity index is 317. The van der Waals surface area contributed by atoms with Crippen LogP contribution in [0.5, 0.6) is 0 Å². The van der Waals surface area contributed by atoms with Gasteiger partial charge in [-0.05, 0) is 12.8 Å². The van der Waals surface area contributed by atoms with Gasteiger partial charge in [0, 0.05) is 5.92 Å². The number of nitrogens with zero attached hydrogens (tertiary/aromatic N) is 3. The summed E-state index contributed by atoms with van der Waals surface area (Å²) in [6.07, 6.45) is 5.30. The van der Waals surface area contributed by atoms with E-state index in [4.69, 9.17) is 5.26 Å². The molecule has 0 amide bonds. The number of nitrogens with one attached hydrogen (secondary N) is 1. The smallest absolute Gasteiger partial charge is 0.153 e. The molecule has 1 aliphatic carbocycles. The highest BCUT2D eigenvalue weighted by molar-refractivity contribution is 5.02. The van der Waals surface area contributed by atoms with Gasteiger partial charge in [-0.15, -0.1) is 0 Å². The standard InChI is InChI=1S/C9H12N4/c10-6-5-8-11-9(13-12-8)7-3-1-2-4-7/h7H,1-5H2,(H,11,12,13). The molecule has 1 fully saturated rings. The second-order valence-electron chi connectivity index (χ2n) is 3.46. The molecule has 0 aromatic carbocycles. The van der Waals surface area contributed by atoms with Crippen molar-refractivity contribution in [1.82, 2.24) is 15.2 Å². The molecule has 1 heterocycles. The van der Waals surface area contributed by atoms with E-state index >= 15 is 0 Å². The third kappa shape index (κ3) is 1.69. The summed E-state index contributed by atoms with van der Waals surface area (Å²) < 4.78 is 0. The molecule has 4 heteroatoms. The Morgan fingerprint density at radius 3 is 2.92 bits per heavy atom. The third-order valence-corrected chi connectivity index (χ3v) is 2.52. The van der Waals surface area contributed by atoms with Gasteiger partial charge in [-0.2, -0.15) is 10.4 Å². The molecule has 1 saturated carbocycles. The number of hydrogen-bond donors (Lipinski definition) is 1. The molecule has 0 atom stereocenters. The van der Waals surface area contributed by atoms with Crippen LogP contribution in [0.25, 0.3) is 0 Å². The highest BCUT2D eigenvalue weighted by Gasteiger charge is 2.20. The van der Waals surface area contributed by atoms with Crippen molar-refractivity contribution in [2.24, 2.45) is 0 Å². The van der Waals surface area contributed by atoms with Crippen LogP contribution >= 0.6 is 0 Å². The fourth-order valence-corrected chi connectivity index (χ4v) is 1.83. The maximum Gasteiger partial charge on any atom is 0.153 e. The molecule has 0 saturated heterocycles. The first kappa shape index (κ1) is 8.24. The summed E-state index contributed by atoms with van der Waals surface area (Å²) in [6.45, 7) is 0. The predicted octanol–water partition coefficient (Wildman–Crippen LogP) is 1.53. The van der Waals surface area contributed by atoms with Gasteiger partial charge in [-0.1, -0.05) is 12.8 Å². The van der Waals surface area contributed by atoms with Crippen LogP contribution in [0.2, 0.25) is 0 Å². The fourth-order valence-electron chi connectivity index (χ4n) is 1.83. The normalized spacial score (nSPS) is 17.5. The van der Waals surface area contributed by atoms with E-state index in [2.05, 4.69) is 21.3 Å². The molecule has 0 radical (unpaired) electrons. The van der Waals surface area contributed by atoms with Gasteiger partial charge in [0.15, 0.2) is 5.82 Å². The Balaban J connectivity index is 2.08. The lowest BCUT2D eigenvalue weighted by Crippen LogP contribution is -1.94. The molecule has 1 aromatic rings. The van der Waals surface area contributed by atoms with Crippen LogP contribution < -0.4 is 0 Å². The number of H-pyrrole nitrogens is 1. The molecular formula is C9H12N4. The quantitative estimate of drug-likeness (QED) is 0.743. The summed E-state index contributed by atoms with van der Waals surface area (Å²) in [5, 5.41) is 15.4. The minimum atomic E-state index is 0.333. The lowest BCUT2D eigenvalue weighted by molar-refractivity contribution is 0.671. The number of rotatable bonds is 2. The summed E-state index contributed by atoms with van der Waals surface area (Å²) in [7, 11) is 0. The summed E-state index contributed by atoms with van der Waals surface area (Å²) in [5.74, 6) is 2.14. The lowest BCUT2D eigenvalue weighted by Gasteiger charge is -2.00. The average molecular weight is 176 g/mol. The van der Waals surface area contributed by atoms with Crippen molar-refractivity contribution in [3.63, 3.8) is 0 Å². The summed E-state index contributed by atoms with van der Waals surface area (Å²) in [6, 6.07) is 2.05. The second kappa shape index (κ2) is 3.56. The van der Waals surface area contributed by atoms with E-state index in [0.717, 1.165) is 5.82 Å². The van der Waals surface area contributed by atoms with Gasteiger partial charge in [0.05, 0.1) is 12.5 Å². The fraction of sp³-hybridized carbons (Fsp3) is 0.667. The zero-order chi connectivity index (χ0) is 9.10. The Morgan fingerprint density at radius 1 is 1.46 bits per heavy atom. The van der Waals surface area contributed by atoms with E-state index in [1.54, 1.807) is 0 Å². The van der Waals surface area contributed by atoms with Gasteiger partial charge < -0.3 is 0 Å². The predicted molar refractivity (Wildman–Crippen MR) is 46.9 cm³/mol. The number of aromatic amines is 1. The molecular weight excluding hydrogens is 164 g/mol. The van der Waals surface area contributed by atoms with Gasteiger partial charge >= 0.3 is 0 Å². The Morgan fingerprint density at radius 2 is 2.23 bits per heavy atom. The number of hydrogen-bond acceptors (Lipinski definition) is 3. The van der Waals surface area contributed by atoms with Gasteiger partial charge in [0.25, 0.3) is 0 Å². The Hall–Kier alpha value is -1.37. The van der Waals surface area contributed by atoms with E-state index in [-0.39, 0.29) is 0 Å². The number of nitriles is 1.